The van der Waals surface area contributed by atoms with Gasteiger partial charge in [0.15, 0.2) is 5.13 Å². The van der Waals surface area contributed by atoms with Crippen LogP contribution in [0.5, 0.6) is 0 Å². The van der Waals surface area contributed by atoms with Crippen LogP contribution < -0.4 is 11.1 Å². The Morgan fingerprint density at radius 1 is 1.59 bits per heavy atom. The predicted octanol–water partition coefficient (Wildman–Crippen LogP) is 0.687. The normalized spacial score (nSPS) is 24.5. The lowest BCUT2D eigenvalue weighted by Gasteiger charge is -2.28. The summed E-state index contributed by atoms with van der Waals surface area (Å²) in [5.74, 6) is -0.0961. The molecule has 0 bridgehead atoms. The van der Waals surface area contributed by atoms with Crippen molar-refractivity contribution in [2.24, 2.45) is 0 Å². The quantitative estimate of drug-likeness (QED) is 0.741. The van der Waals surface area contributed by atoms with Gasteiger partial charge in [-0.05, 0) is 12.8 Å². The zero-order valence-electron chi connectivity index (χ0n) is 9.56. The molecule has 1 amide bonds. The highest BCUT2D eigenvalue weighted by Gasteiger charge is 2.24. The summed E-state index contributed by atoms with van der Waals surface area (Å²) in [5, 5.41) is 14.9. The van der Waals surface area contributed by atoms with Crippen LogP contribution in [0.15, 0.2) is 5.38 Å². The first kappa shape index (κ1) is 12.3. The second kappa shape index (κ2) is 5.46. The summed E-state index contributed by atoms with van der Waals surface area (Å²) >= 11 is 1.33. The minimum absolute atomic E-state index is 0.0961. The highest BCUT2D eigenvalue weighted by atomic mass is 32.1. The van der Waals surface area contributed by atoms with Crippen LogP contribution >= 0.6 is 11.3 Å². The third-order valence-electron chi connectivity index (χ3n) is 2.99. The molecule has 1 fully saturated rings. The van der Waals surface area contributed by atoms with Gasteiger partial charge in [0.2, 0.25) is 5.91 Å². The molecule has 17 heavy (non-hydrogen) atoms. The van der Waals surface area contributed by atoms with Gasteiger partial charge in [-0.2, -0.15) is 0 Å². The summed E-state index contributed by atoms with van der Waals surface area (Å²) in [4.78, 5) is 15.8. The molecule has 0 spiro atoms. The molecule has 1 aliphatic carbocycles. The lowest BCUT2D eigenvalue weighted by atomic mass is 9.92. The van der Waals surface area contributed by atoms with E-state index in [1.807, 2.05) is 0 Å². The van der Waals surface area contributed by atoms with Crippen LogP contribution in [0.3, 0.4) is 0 Å². The molecule has 1 aromatic heterocycles. The Morgan fingerprint density at radius 2 is 2.35 bits per heavy atom. The zero-order chi connectivity index (χ0) is 12.3. The molecule has 2 rings (SSSR count). The summed E-state index contributed by atoms with van der Waals surface area (Å²) in [6.07, 6.45) is 3.55. The van der Waals surface area contributed by atoms with Crippen LogP contribution in [0.4, 0.5) is 5.13 Å². The summed E-state index contributed by atoms with van der Waals surface area (Å²) in [6, 6.07) is -0.104. The number of nitrogens with two attached hydrogens (primary N) is 1. The molecule has 5 nitrogen and oxygen atoms in total. The maximum Gasteiger partial charge on any atom is 0.226 e. The van der Waals surface area contributed by atoms with E-state index in [1.54, 1.807) is 5.38 Å². The first-order chi connectivity index (χ1) is 8.15. The number of nitrogens with one attached hydrogen (secondary N) is 1. The van der Waals surface area contributed by atoms with E-state index in [1.165, 1.54) is 11.3 Å². The Kier molecular flexibility index (Phi) is 3.96. The molecule has 1 heterocycles. The average molecular weight is 255 g/mol. The number of anilines is 1. The molecule has 0 saturated heterocycles. The van der Waals surface area contributed by atoms with Crippen molar-refractivity contribution in [3.05, 3.63) is 11.1 Å². The first-order valence-corrected chi connectivity index (χ1v) is 6.70. The van der Waals surface area contributed by atoms with Gasteiger partial charge in [0.1, 0.15) is 0 Å². The Bertz CT molecular complexity index is 394. The molecule has 0 radical (unpaired) electrons. The van der Waals surface area contributed by atoms with Crippen LogP contribution in [0, 0.1) is 0 Å². The van der Waals surface area contributed by atoms with Crippen molar-refractivity contribution >= 4 is 22.4 Å². The smallest absolute Gasteiger partial charge is 0.226 e. The van der Waals surface area contributed by atoms with E-state index in [2.05, 4.69) is 10.3 Å². The van der Waals surface area contributed by atoms with Crippen molar-refractivity contribution in [3.8, 4) is 0 Å². The lowest BCUT2D eigenvalue weighted by Crippen LogP contribution is -2.45. The maximum absolute atomic E-state index is 11.7. The van der Waals surface area contributed by atoms with Gasteiger partial charge in [-0.25, -0.2) is 4.98 Å². The number of carbonyl (C=O) groups excluding carboxylic acids is 1. The van der Waals surface area contributed by atoms with Crippen LogP contribution in [0.2, 0.25) is 0 Å². The average Bonchev–Trinajstić information content (AvgIpc) is 2.67. The van der Waals surface area contributed by atoms with Crippen LogP contribution in [-0.2, 0) is 11.2 Å². The molecule has 94 valence electrons. The van der Waals surface area contributed by atoms with Gasteiger partial charge >= 0.3 is 0 Å². The summed E-state index contributed by atoms with van der Waals surface area (Å²) < 4.78 is 0. The van der Waals surface area contributed by atoms with Gasteiger partial charge in [-0.15, -0.1) is 11.3 Å². The van der Waals surface area contributed by atoms with Crippen molar-refractivity contribution in [3.63, 3.8) is 0 Å². The monoisotopic (exact) mass is 255 g/mol. The molecular formula is C11H17N3O2S. The van der Waals surface area contributed by atoms with E-state index in [9.17, 15) is 9.90 Å². The van der Waals surface area contributed by atoms with Crippen LogP contribution in [0.25, 0.3) is 0 Å². The molecule has 2 atom stereocenters. The van der Waals surface area contributed by atoms with Gasteiger partial charge in [-0.3, -0.25) is 4.79 Å². The third-order valence-corrected chi connectivity index (χ3v) is 3.71. The number of nitrogens with zero attached hydrogens (tertiary/aromatic N) is 1. The minimum Gasteiger partial charge on any atom is -0.391 e. The van der Waals surface area contributed by atoms with Crippen molar-refractivity contribution in [2.75, 3.05) is 5.73 Å². The van der Waals surface area contributed by atoms with Crippen molar-refractivity contribution in [1.29, 1.82) is 0 Å². The molecule has 2 unspecified atom stereocenters. The first-order valence-electron chi connectivity index (χ1n) is 5.82. The molecule has 1 saturated carbocycles. The number of nitrogen functional groups attached to an aromatic ring is 1. The second-order valence-electron chi connectivity index (χ2n) is 4.38. The van der Waals surface area contributed by atoms with E-state index in [0.29, 0.717) is 10.8 Å². The zero-order valence-corrected chi connectivity index (χ0v) is 10.4. The van der Waals surface area contributed by atoms with Gasteiger partial charge in [-0.1, -0.05) is 12.8 Å². The standard InChI is InChI=1S/C11H17N3O2S/c12-11-13-7(6-17-11)5-10(16)14-8-3-1-2-4-9(8)15/h6,8-9,15H,1-5H2,(H2,12,13)(H,14,16). The predicted molar refractivity (Wildman–Crippen MR) is 66.6 cm³/mol. The van der Waals surface area contributed by atoms with E-state index in [-0.39, 0.29) is 18.4 Å². The Labute approximate surface area is 104 Å². The van der Waals surface area contributed by atoms with E-state index in [4.69, 9.17) is 5.73 Å². The Balaban J connectivity index is 1.84. The van der Waals surface area contributed by atoms with Crippen LogP contribution in [0.1, 0.15) is 31.4 Å². The lowest BCUT2D eigenvalue weighted by molar-refractivity contribution is -0.122. The van der Waals surface area contributed by atoms with Crippen LogP contribution in [-0.4, -0.2) is 28.1 Å². The summed E-state index contributed by atoms with van der Waals surface area (Å²) in [5.41, 5.74) is 6.19. The van der Waals surface area contributed by atoms with Gasteiger partial charge in [0, 0.05) is 5.38 Å². The van der Waals surface area contributed by atoms with Gasteiger partial charge in [0.05, 0.1) is 24.3 Å². The number of thiazole rings is 1. The van der Waals surface area contributed by atoms with Crippen molar-refractivity contribution < 1.29 is 9.90 Å². The SMILES string of the molecule is Nc1nc(CC(=O)NC2CCCCC2O)cs1. The summed E-state index contributed by atoms with van der Waals surface area (Å²) in [6.45, 7) is 0. The number of aromatic nitrogens is 1. The number of rotatable bonds is 3. The number of amides is 1. The molecule has 0 aliphatic heterocycles. The molecule has 4 N–H and O–H groups in total. The minimum atomic E-state index is -0.409. The molecule has 1 aromatic rings. The highest BCUT2D eigenvalue weighted by molar-refractivity contribution is 7.13. The topological polar surface area (TPSA) is 88.2 Å². The fourth-order valence-corrected chi connectivity index (χ4v) is 2.67. The van der Waals surface area contributed by atoms with E-state index >= 15 is 0 Å². The molecule has 0 aromatic carbocycles. The highest BCUT2D eigenvalue weighted by Crippen LogP contribution is 2.18. The number of aliphatic hydroxyl groups excluding tert-OH is 1. The number of aliphatic hydroxyl groups is 1. The molecule has 6 heteroatoms. The number of hydrogen-bond acceptors (Lipinski definition) is 5. The van der Waals surface area contributed by atoms with Gasteiger partial charge in [0.25, 0.3) is 0 Å². The third kappa shape index (κ3) is 3.41. The fraction of sp³-hybridized carbons (Fsp3) is 0.636. The van der Waals surface area contributed by atoms with E-state index in [0.717, 1.165) is 25.7 Å². The number of carbonyl (C=O) groups is 1. The molecule has 1 aliphatic rings. The number of hydrogen-bond donors (Lipinski definition) is 3. The van der Waals surface area contributed by atoms with Crippen molar-refractivity contribution in [1.82, 2.24) is 10.3 Å². The second-order valence-corrected chi connectivity index (χ2v) is 5.27. The Morgan fingerprint density at radius 3 is 3.00 bits per heavy atom. The van der Waals surface area contributed by atoms with Gasteiger partial charge < -0.3 is 16.2 Å². The largest absolute Gasteiger partial charge is 0.391 e. The molecular weight excluding hydrogens is 238 g/mol. The fourth-order valence-electron chi connectivity index (χ4n) is 2.11. The van der Waals surface area contributed by atoms with E-state index < -0.39 is 6.10 Å². The summed E-state index contributed by atoms with van der Waals surface area (Å²) in [7, 11) is 0. The maximum atomic E-state index is 11.7. The van der Waals surface area contributed by atoms with Crippen molar-refractivity contribution in [2.45, 2.75) is 44.2 Å². The Hall–Kier alpha value is -1.14.